The summed E-state index contributed by atoms with van der Waals surface area (Å²) in [6.45, 7) is 0. The fourth-order valence-corrected chi connectivity index (χ4v) is 5.62. The molecule has 0 aliphatic heterocycles. The third-order valence-corrected chi connectivity index (χ3v) is 6.70. The largest absolute Gasteiger partial charge is 0.0707 e. The molecule has 0 N–H and O–H groups in total. The first-order chi connectivity index (χ1) is 9.92. The molecule has 0 aromatic carbocycles. The van der Waals surface area contributed by atoms with Crippen molar-refractivity contribution < 1.29 is 0 Å². The molecule has 0 heterocycles. The Morgan fingerprint density at radius 2 is 1.00 bits per heavy atom. The highest BCUT2D eigenvalue weighted by Crippen LogP contribution is 2.46. The Bertz CT molecular complexity index is 395. The zero-order valence-corrected chi connectivity index (χ0v) is 13.1. The second kappa shape index (κ2) is 5.70. The lowest BCUT2D eigenvalue weighted by Gasteiger charge is -2.23. The molecule has 4 aliphatic carbocycles. The zero-order chi connectivity index (χ0) is 13.4. The Morgan fingerprint density at radius 1 is 0.550 bits per heavy atom. The van der Waals surface area contributed by atoms with E-state index in [4.69, 9.17) is 0 Å². The maximum absolute atomic E-state index is 1.94. The van der Waals surface area contributed by atoms with Gasteiger partial charge in [-0.1, -0.05) is 22.3 Å². The summed E-state index contributed by atoms with van der Waals surface area (Å²) < 4.78 is 0. The summed E-state index contributed by atoms with van der Waals surface area (Å²) in [5, 5.41) is 0. The first-order valence-corrected chi connectivity index (χ1v) is 9.33. The van der Waals surface area contributed by atoms with Crippen molar-refractivity contribution in [3.63, 3.8) is 0 Å². The normalized spacial score (nSPS) is 33.6. The smallest absolute Gasteiger partial charge is 0.0197 e. The molecule has 20 heavy (non-hydrogen) atoms. The monoisotopic (exact) mass is 270 g/mol. The Morgan fingerprint density at radius 3 is 1.50 bits per heavy atom. The van der Waals surface area contributed by atoms with Gasteiger partial charge in [0.05, 0.1) is 0 Å². The molecule has 0 spiro atoms. The maximum atomic E-state index is 1.94. The van der Waals surface area contributed by atoms with Gasteiger partial charge in [-0.3, -0.25) is 0 Å². The summed E-state index contributed by atoms with van der Waals surface area (Å²) in [6, 6.07) is 0. The van der Waals surface area contributed by atoms with E-state index >= 15 is 0 Å². The number of hydrogen-bond donors (Lipinski definition) is 0. The molecule has 0 aromatic heterocycles. The van der Waals surface area contributed by atoms with E-state index in [1.54, 1.807) is 0 Å². The van der Waals surface area contributed by atoms with Crippen LogP contribution in [0, 0.1) is 11.8 Å². The lowest BCUT2D eigenvalue weighted by Crippen LogP contribution is -2.08. The number of rotatable bonds is 3. The van der Waals surface area contributed by atoms with Crippen LogP contribution in [0.3, 0.4) is 0 Å². The van der Waals surface area contributed by atoms with Gasteiger partial charge in [0.15, 0.2) is 0 Å². The first kappa shape index (κ1) is 13.2. The molecular weight excluding hydrogens is 240 g/mol. The van der Waals surface area contributed by atoms with Gasteiger partial charge in [-0.15, -0.1) is 0 Å². The standard InChI is InChI=1S/C20H30/c1-3-7-19-15(5-1)9-11-17(19)13-14-18-12-10-16-6-2-4-8-20(16)18/h17-18H,1-14H2/t17-,18?/m0/s1. The van der Waals surface area contributed by atoms with E-state index in [0.29, 0.717) is 0 Å². The van der Waals surface area contributed by atoms with Crippen LogP contribution in [0.25, 0.3) is 0 Å². The fourth-order valence-electron chi connectivity index (χ4n) is 5.62. The summed E-state index contributed by atoms with van der Waals surface area (Å²) in [5.41, 5.74) is 7.66. The molecule has 0 saturated heterocycles. The molecule has 0 heteroatoms. The third-order valence-electron chi connectivity index (χ3n) is 6.70. The van der Waals surface area contributed by atoms with Crippen LogP contribution in [0.5, 0.6) is 0 Å². The van der Waals surface area contributed by atoms with Crippen LogP contribution >= 0.6 is 0 Å². The van der Waals surface area contributed by atoms with E-state index in [0.717, 1.165) is 11.8 Å². The average molecular weight is 270 g/mol. The molecule has 0 saturated carbocycles. The molecule has 1 unspecified atom stereocenters. The van der Waals surface area contributed by atoms with Crippen molar-refractivity contribution in [2.24, 2.45) is 11.8 Å². The number of allylic oxidation sites excluding steroid dienone is 4. The van der Waals surface area contributed by atoms with Crippen LogP contribution in [0.15, 0.2) is 22.3 Å². The van der Waals surface area contributed by atoms with Gasteiger partial charge in [0.1, 0.15) is 0 Å². The minimum Gasteiger partial charge on any atom is -0.0707 e. The molecule has 0 fully saturated rings. The molecule has 0 bridgehead atoms. The molecule has 0 amide bonds. The van der Waals surface area contributed by atoms with Crippen molar-refractivity contribution in [3.8, 4) is 0 Å². The van der Waals surface area contributed by atoms with Gasteiger partial charge in [-0.2, -0.15) is 0 Å². The minimum atomic E-state index is 0.999. The second-order valence-electron chi connectivity index (χ2n) is 7.72. The Hall–Kier alpha value is -0.520. The van der Waals surface area contributed by atoms with Crippen LogP contribution in [0.4, 0.5) is 0 Å². The summed E-state index contributed by atoms with van der Waals surface area (Å²) in [5.74, 6) is 2.00. The highest BCUT2D eigenvalue weighted by atomic mass is 14.4. The highest BCUT2D eigenvalue weighted by molar-refractivity contribution is 5.27. The predicted octanol–water partition coefficient (Wildman–Crippen LogP) is 6.33. The lowest BCUT2D eigenvalue weighted by molar-refractivity contribution is 0.437. The van der Waals surface area contributed by atoms with Crippen molar-refractivity contribution in [2.45, 2.75) is 89.9 Å². The Labute approximate surface area is 124 Å². The van der Waals surface area contributed by atoms with Crippen LogP contribution in [0.2, 0.25) is 0 Å². The van der Waals surface area contributed by atoms with E-state index in [9.17, 15) is 0 Å². The van der Waals surface area contributed by atoms with Gasteiger partial charge in [-0.25, -0.2) is 0 Å². The molecule has 0 radical (unpaired) electrons. The van der Waals surface area contributed by atoms with Crippen molar-refractivity contribution in [2.75, 3.05) is 0 Å². The van der Waals surface area contributed by atoms with Gasteiger partial charge >= 0.3 is 0 Å². The SMILES string of the molecule is C1CCC2=C(C1)CCC2CC[C@@H]1CCC2=C1CCCC2. The van der Waals surface area contributed by atoms with E-state index in [-0.39, 0.29) is 0 Å². The van der Waals surface area contributed by atoms with E-state index in [1.165, 1.54) is 89.9 Å². The summed E-state index contributed by atoms with van der Waals surface area (Å²) in [4.78, 5) is 0. The van der Waals surface area contributed by atoms with Crippen LogP contribution < -0.4 is 0 Å². The van der Waals surface area contributed by atoms with Crippen molar-refractivity contribution in [1.82, 2.24) is 0 Å². The van der Waals surface area contributed by atoms with Gasteiger partial charge in [0, 0.05) is 0 Å². The van der Waals surface area contributed by atoms with Gasteiger partial charge in [0.25, 0.3) is 0 Å². The van der Waals surface area contributed by atoms with Crippen LogP contribution in [0.1, 0.15) is 89.9 Å². The van der Waals surface area contributed by atoms with E-state index in [1.807, 2.05) is 22.3 Å². The van der Waals surface area contributed by atoms with Gasteiger partial charge < -0.3 is 0 Å². The van der Waals surface area contributed by atoms with E-state index in [2.05, 4.69) is 0 Å². The molecule has 4 aliphatic rings. The molecule has 2 atom stereocenters. The summed E-state index contributed by atoms with van der Waals surface area (Å²) >= 11 is 0. The second-order valence-corrected chi connectivity index (χ2v) is 7.72. The van der Waals surface area contributed by atoms with E-state index < -0.39 is 0 Å². The fraction of sp³-hybridized carbons (Fsp3) is 0.800. The average Bonchev–Trinajstić information content (AvgIpc) is 3.09. The third kappa shape index (κ3) is 2.40. The van der Waals surface area contributed by atoms with Gasteiger partial charge in [0.2, 0.25) is 0 Å². The molecule has 4 rings (SSSR count). The Kier molecular flexibility index (Phi) is 3.75. The lowest BCUT2D eigenvalue weighted by atomic mass is 9.82. The first-order valence-electron chi connectivity index (χ1n) is 9.33. The van der Waals surface area contributed by atoms with Crippen molar-refractivity contribution in [3.05, 3.63) is 22.3 Å². The topological polar surface area (TPSA) is 0 Å². The minimum absolute atomic E-state index is 0.999. The van der Waals surface area contributed by atoms with Crippen molar-refractivity contribution >= 4 is 0 Å². The molecule has 110 valence electrons. The van der Waals surface area contributed by atoms with Gasteiger partial charge in [-0.05, 0) is 102 Å². The highest BCUT2D eigenvalue weighted by Gasteiger charge is 2.30. The number of hydrogen-bond acceptors (Lipinski definition) is 0. The quantitative estimate of drug-likeness (QED) is 0.526. The molecule has 0 aromatic rings. The Balaban J connectivity index is 1.37. The van der Waals surface area contributed by atoms with Crippen LogP contribution in [-0.2, 0) is 0 Å². The maximum Gasteiger partial charge on any atom is -0.0197 e. The predicted molar refractivity (Wildman–Crippen MR) is 85.7 cm³/mol. The summed E-state index contributed by atoms with van der Waals surface area (Å²) in [6.07, 6.45) is 20.7. The molecular formula is C20H30. The zero-order valence-electron chi connectivity index (χ0n) is 13.1. The summed E-state index contributed by atoms with van der Waals surface area (Å²) in [7, 11) is 0. The van der Waals surface area contributed by atoms with Crippen LogP contribution in [-0.4, -0.2) is 0 Å². The van der Waals surface area contributed by atoms with Crippen molar-refractivity contribution in [1.29, 1.82) is 0 Å². The molecule has 0 nitrogen and oxygen atoms in total.